The van der Waals surface area contributed by atoms with E-state index in [0.717, 1.165) is 6.42 Å². The predicted molar refractivity (Wildman–Crippen MR) is 64.1 cm³/mol. The fraction of sp³-hybridized carbons (Fsp3) is 0.462. The lowest BCUT2D eigenvalue weighted by atomic mass is 10.1. The van der Waals surface area contributed by atoms with E-state index in [4.69, 9.17) is 5.73 Å². The van der Waals surface area contributed by atoms with Gasteiger partial charge in [0.05, 0.1) is 0 Å². The maximum atomic E-state index is 12.8. The zero-order valence-corrected chi connectivity index (χ0v) is 9.90. The second-order valence-corrected chi connectivity index (χ2v) is 4.65. The molecule has 0 spiro atoms. The molecule has 1 aliphatic rings. The number of carbonyl (C=O) groups excluding carboxylic acids is 1. The Bertz CT molecular complexity index is 404. The number of carbonyl (C=O) groups is 1. The monoisotopic (exact) mass is 236 g/mol. The van der Waals surface area contributed by atoms with Crippen molar-refractivity contribution < 1.29 is 9.18 Å². The van der Waals surface area contributed by atoms with Gasteiger partial charge in [0.2, 0.25) is 0 Å². The molecule has 4 heteroatoms. The molecule has 3 nitrogen and oxygen atoms in total. The number of amides is 1. The highest BCUT2D eigenvalue weighted by Gasteiger charge is 2.31. The van der Waals surface area contributed by atoms with Crippen LogP contribution in [-0.4, -0.2) is 29.9 Å². The van der Waals surface area contributed by atoms with Gasteiger partial charge in [0.1, 0.15) is 5.82 Å². The average molecular weight is 236 g/mol. The van der Waals surface area contributed by atoms with Crippen LogP contribution in [0.3, 0.4) is 0 Å². The van der Waals surface area contributed by atoms with Crippen molar-refractivity contribution in [3.8, 4) is 0 Å². The standard InChI is InChI=1S/C13H17FN2O/c1-9-6-10(7-15)8-16(9)13(17)11-2-4-12(14)5-3-11/h2-5,9-10H,6-8,15H2,1H3. The Balaban J connectivity index is 2.12. The molecule has 2 unspecified atom stereocenters. The number of benzene rings is 1. The lowest BCUT2D eigenvalue weighted by molar-refractivity contribution is 0.0743. The van der Waals surface area contributed by atoms with E-state index >= 15 is 0 Å². The highest BCUT2D eigenvalue weighted by molar-refractivity contribution is 5.94. The molecule has 0 aliphatic carbocycles. The summed E-state index contributed by atoms with van der Waals surface area (Å²) in [5.74, 6) is 0.0266. The molecule has 1 saturated heterocycles. The summed E-state index contributed by atoms with van der Waals surface area (Å²) < 4.78 is 12.8. The van der Waals surface area contributed by atoms with Gasteiger partial charge in [0.15, 0.2) is 0 Å². The van der Waals surface area contributed by atoms with E-state index < -0.39 is 0 Å². The number of hydrogen-bond donors (Lipinski definition) is 1. The smallest absolute Gasteiger partial charge is 0.254 e. The minimum atomic E-state index is -0.323. The Morgan fingerprint density at radius 2 is 2.12 bits per heavy atom. The highest BCUT2D eigenvalue weighted by atomic mass is 19.1. The number of hydrogen-bond acceptors (Lipinski definition) is 2. The van der Waals surface area contributed by atoms with E-state index in [0.29, 0.717) is 24.6 Å². The molecule has 0 aromatic heterocycles. The molecular formula is C13H17FN2O. The molecule has 92 valence electrons. The first-order chi connectivity index (χ1) is 8.11. The van der Waals surface area contributed by atoms with Crippen LogP contribution in [-0.2, 0) is 0 Å². The van der Waals surface area contributed by atoms with Gasteiger partial charge in [0, 0.05) is 18.2 Å². The summed E-state index contributed by atoms with van der Waals surface area (Å²) >= 11 is 0. The highest BCUT2D eigenvalue weighted by Crippen LogP contribution is 2.24. The molecule has 0 bridgehead atoms. The largest absolute Gasteiger partial charge is 0.336 e. The molecule has 0 saturated carbocycles. The van der Waals surface area contributed by atoms with Crippen LogP contribution in [0.2, 0.25) is 0 Å². The quantitative estimate of drug-likeness (QED) is 0.848. The van der Waals surface area contributed by atoms with Gasteiger partial charge in [-0.25, -0.2) is 4.39 Å². The van der Waals surface area contributed by atoms with E-state index in [1.807, 2.05) is 11.8 Å². The van der Waals surface area contributed by atoms with Crippen molar-refractivity contribution in [3.63, 3.8) is 0 Å². The minimum Gasteiger partial charge on any atom is -0.336 e. The van der Waals surface area contributed by atoms with Crippen molar-refractivity contribution in [3.05, 3.63) is 35.6 Å². The Morgan fingerprint density at radius 3 is 2.65 bits per heavy atom. The SMILES string of the molecule is CC1CC(CN)CN1C(=O)c1ccc(F)cc1. The number of rotatable bonds is 2. The molecule has 17 heavy (non-hydrogen) atoms. The number of likely N-dealkylation sites (tertiary alicyclic amines) is 1. The molecule has 0 radical (unpaired) electrons. The van der Waals surface area contributed by atoms with Crippen LogP contribution in [0.1, 0.15) is 23.7 Å². The number of halogens is 1. The van der Waals surface area contributed by atoms with Crippen LogP contribution < -0.4 is 5.73 Å². The molecule has 1 aromatic carbocycles. The third-order valence-electron chi connectivity index (χ3n) is 3.35. The lowest BCUT2D eigenvalue weighted by Crippen LogP contribution is -2.34. The second kappa shape index (κ2) is 4.84. The third-order valence-corrected chi connectivity index (χ3v) is 3.35. The van der Waals surface area contributed by atoms with Crippen LogP contribution in [0, 0.1) is 11.7 Å². The summed E-state index contributed by atoms with van der Waals surface area (Å²) in [7, 11) is 0. The van der Waals surface area contributed by atoms with E-state index in [1.54, 1.807) is 0 Å². The van der Waals surface area contributed by atoms with Gasteiger partial charge in [-0.1, -0.05) is 0 Å². The van der Waals surface area contributed by atoms with Gasteiger partial charge in [-0.05, 0) is 50.1 Å². The van der Waals surface area contributed by atoms with Crippen LogP contribution in [0.4, 0.5) is 4.39 Å². The minimum absolute atomic E-state index is 0.0338. The molecule has 2 atom stereocenters. The van der Waals surface area contributed by atoms with Gasteiger partial charge >= 0.3 is 0 Å². The molecule has 2 rings (SSSR count). The van der Waals surface area contributed by atoms with Crippen LogP contribution in [0.15, 0.2) is 24.3 Å². The molecular weight excluding hydrogens is 219 g/mol. The number of nitrogens with zero attached hydrogens (tertiary/aromatic N) is 1. The summed E-state index contributed by atoms with van der Waals surface area (Å²) in [6.45, 7) is 3.34. The zero-order chi connectivity index (χ0) is 12.4. The molecule has 1 aliphatic heterocycles. The number of nitrogens with two attached hydrogens (primary N) is 1. The summed E-state index contributed by atoms with van der Waals surface area (Å²) in [6, 6.07) is 5.89. The Kier molecular flexibility index (Phi) is 3.43. The van der Waals surface area contributed by atoms with Gasteiger partial charge in [-0.15, -0.1) is 0 Å². The van der Waals surface area contributed by atoms with Crippen molar-refractivity contribution in [1.82, 2.24) is 4.90 Å². The van der Waals surface area contributed by atoms with Crippen molar-refractivity contribution >= 4 is 5.91 Å². The fourth-order valence-corrected chi connectivity index (χ4v) is 2.35. The second-order valence-electron chi connectivity index (χ2n) is 4.65. The van der Waals surface area contributed by atoms with Crippen molar-refractivity contribution in [2.24, 2.45) is 11.7 Å². The first kappa shape index (κ1) is 12.0. The van der Waals surface area contributed by atoms with Crippen LogP contribution >= 0.6 is 0 Å². The predicted octanol–water partition coefficient (Wildman–Crippen LogP) is 1.64. The Labute approximate surface area is 100 Å². The van der Waals surface area contributed by atoms with Crippen LogP contribution in [0.25, 0.3) is 0 Å². The summed E-state index contributed by atoms with van der Waals surface area (Å²) in [5, 5.41) is 0. The lowest BCUT2D eigenvalue weighted by Gasteiger charge is -2.21. The zero-order valence-electron chi connectivity index (χ0n) is 9.90. The van der Waals surface area contributed by atoms with E-state index in [9.17, 15) is 9.18 Å². The van der Waals surface area contributed by atoms with E-state index in [2.05, 4.69) is 0 Å². The Hall–Kier alpha value is -1.42. The third kappa shape index (κ3) is 2.47. The average Bonchev–Trinajstić information content (AvgIpc) is 2.71. The van der Waals surface area contributed by atoms with Gasteiger partial charge in [-0.2, -0.15) is 0 Å². The summed E-state index contributed by atoms with van der Waals surface area (Å²) in [4.78, 5) is 14.0. The normalized spacial score (nSPS) is 24.1. The molecule has 1 heterocycles. The van der Waals surface area contributed by atoms with Gasteiger partial charge < -0.3 is 10.6 Å². The molecule has 1 aromatic rings. The Morgan fingerprint density at radius 1 is 1.47 bits per heavy atom. The molecule has 2 N–H and O–H groups in total. The first-order valence-electron chi connectivity index (χ1n) is 5.88. The fourth-order valence-electron chi connectivity index (χ4n) is 2.35. The van der Waals surface area contributed by atoms with E-state index in [-0.39, 0.29) is 17.8 Å². The molecule has 1 fully saturated rings. The topological polar surface area (TPSA) is 46.3 Å². The first-order valence-corrected chi connectivity index (χ1v) is 5.88. The summed E-state index contributed by atoms with van der Waals surface area (Å²) in [6.07, 6.45) is 0.948. The molecule has 1 amide bonds. The van der Waals surface area contributed by atoms with Gasteiger partial charge in [0.25, 0.3) is 5.91 Å². The van der Waals surface area contributed by atoms with Gasteiger partial charge in [-0.3, -0.25) is 4.79 Å². The van der Waals surface area contributed by atoms with Crippen LogP contribution in [0.5, 0.6) is 0 Å². The maximum Gasteiger partial charge on any atom is 0.254 e. The van der Waals surface area contributed by atoms with Crippen molar-refractivity contribution in [2.45, 2.75) is 19.4 Å². The van der Waals surface area contributed by atoms with Crippen molar-refractivity contribution in [1.29, 1.82) is 0 Å². The maximum absolute atomic E-state index is 12.8. The van der Waals surface area contributed by atoms with Crippen molar-refractivity contribution in [2.75, 3.05) is 13.1 Å². The van der Waals surface area contributed by atoms with E-state index in [1.165, 1.54) is 24.3 Å². The summed E-state index contributed by atoms with van der Waals surface area (Å²) in [5.41, 5.74) is 6.17.